The van der Waals surface area contributed by atoms with Crippen LogP contribution in [0.25, 0.3) is 0 Å². The number of aliphatic carboxylic acids is 1. The van der Waals surface area contributed by atoms with Crippen molar-refractivity contribution < 1.29 is 9.90 Å². The molecule has 0 radical (unpaired) electrons. The fraction of sp³-hybridized carbons (Fsp3) is 0.364. The Hall–Kier alpha value is -2.09. The minimum absolute atomic E-state index is 0.185. The van der Waals surface area contributed by atoms with Crippen LogP contribution in [0.3, 0.4) is 0 Å². The minimum Gasteiger partial charge on any atom is -0.480 e. The van der Waals surface area contributed by atoms with Crippen LogP contribution >= 0.6 is 0 Å². The zero-order chi connectivity index (χ0) is 11.5. The molecule has 1 unspecified atom stereocenters. The Kier molecular flexibility index (Phi) is 2.73. The Bertz CT molecular complexity index is 449. The van der Waals surface area contributed by atoms with Crippen LogP contribution in [0.5, 0.6) is 0 Å². The van der Waals surface area contributed by atoms with Gasteiger partial charge in [-0.3, -0.25) is 0 Å². The number of carbonyl (C=O) groups is 1. The van der Waals surface area contributed by atoms with Crippen LogP contribution in [0.2, 0.25) is 0 Å². The summed E-state index contributed by atoms with van der Waals surface area (Å²) >= 11 is 0. The lowest BCUT2D eigenvalue weighted by molar-refractivity contribution is -0.138. The highest BCUT2D eigenvalue weighted by molar-refractivity contribution is 5.77. The molecule has 5 heteroatoms. The first kappa shape index (κ1) is 10.4. The summed E-state index contributed by atoms with van der Waals surface area (Å²) in [5.41, 5.74) is 0.282. The van der Waals surface area contributed by atoms with Gasteiger partial charge in [0.05, 0.1) is 0 Å². The smallest absolute Gasteiger partial charge is 0.326 e. The van der Waals surface area contributed by atoms with Crippen molar-refractivity contribution in [2.45, 2.75) is 18.9 Å². The zero-order valence-electron chi connectivity index (χ0n) is 8.55. The van der Waals surface area contributed by atoms with E-state index in [9.17, 15) is 4.79 Å². The molecule has 82 valence electrons. The number of anilines is 1. The van der Waals surface area contributed by atoms with E-state index in [0.717, 1.165) is 12.8 Å². The van der Waals surface area contributed by atoms with Gasteiger partial charge in [-0.05, 0) is 30.9 Å². The number of aromatic nitrogens is 1. The number of carboxylic acids is 1. The Morgan fingerprint density at radius 3 is 2.94 bits per heavy atom. The van der Waals surface area contributed by atoms with Gasteiger partial charge in [0.15, 0.2) is 0 Å². The molecule has 0 aliphatic heterocycles. The van der Waals surface area contributed by atoms with E-state index < -0.39 is 12.0 Å². The van der Waals surface area contributed by atoms with Crippen molar-refractivity contribution in [3.8, 4) is 6.07 Å². The lowest BCUT2D eigenvalue weighted by Crippen LogP contribution is -2.31. The zero-order valence-corrected chi connectivity index (χ0v) is 8.55. The summed E-state index contributed by atoms with van der Waals surface area (Å²) in [6.45, 7) is 0. The van der Waals surface area contributed by atoms with Crippen LogP contribution in [-0.4, -0.2) is 22.1 Å². The van der Waals surface area contributed by atoms with Crippen molar-refractivity contribution in [2.75, 3.05) is 5.32 Å². The van der Waals surface area contributed by atoms with E-state index in [4.69, 9.17) is 10.4 Å². The van der Waals surface area contributed by atoms with Crippen molar-refractivity contribution in [1.82, 2.24) is 4.98 Å². The maximum absolute atomic E-state index is 11.0. The van der Waals surface area contributed by atoms with Crippen LogP contribution in [0.15, 0.2) is 18.2 Å². The normalized spacial score (nSPS) is 16.2. The molecule has 0 saturated heterocycles. The SMILES string of the molecule is N#Cc1cccc(NC(C(=O)O)C2CC2)n1. The number of nitrogens with zero attached hydrogens (tertiary/aromatic N) is 2. The van der Waals surface area contributed by atoms with Gasteiger partial charge in [0.2, 0.25) is 0 Å². The van der Waals surface area contributed by atoms with Gasteiger partial charge < -0.3 is 10.4 Å². The first-order valence-electron chi connectivity index (χ1n) is 5.07. The first-order valence-corrected chi connectivity index (χ1v) is 5.07. The molecule has 1 aromatic rings. The molecule has 1 aromatic heterocycles. The molecule has 16 heavy (non-hydrogen) atoms. The predicted molar refractivity (Wildman–Crippen MR) is 56.7 cm³/mol. The van der Waals surface area contributed by atoms with Crippen LogP contribution in [0.1, 0.15) is 18.5 Å². The molecule has 0 spiro atoms. The van der Waals surface area contributed by atoms with E-state index >= 15 is 0 Å². The Morgan fingerprint density at radius 1 is 1.62 bits per heavy atom. The Morgan fingerprint density at radius 2 is 2.38 bits per heavy atom. The number of hydrogen-bond acceptors (Lipinski definition) is 4. The van der Waals surface area contributed by atoms with Crippen LogP contribution in [-0.2, 0) is 4.79 Å². The van der Waals surface area contributed by atoms with Crippen molar-refractivity contribution in [3.63, 3.8) is 0 Å². The quantitative estimate of drug-likeness (QED) is 0.792. The molecule has 2 N–H and O–H groups in total. The predicted octanol–water partition coefficient (Wildman–Crippen LogP) is 1.23. The molecule has 1 fully saturated rings. The third kappa shape index (κ3) is 2.28. The van der Waals surface area contributed by atoms with Gasteiger partial charge in [-0.1, -0.05) is 6.07 Å². The monoisotopic (exact) mass is 217 g/mol. The lowest BCUT2D eigenvalue weighted by atomic mass is 10.2. The van der Waals surface area contributed by atoms with Crippen molar-refractivity contribution in [3.05, 3.63) is 23.9 Å². The van der Waals surface area contributed by atoms with E-state index in [0.29, 0.717) is 5.82 Å². The van der Waals surface area contributed by atoms with Crippen molar-refractivity contribution in [2.24, 2.45) is 5.92 Å². The van der Waals surface area contributed by atoms with Crippen molar-refractivity contribution >= 4 is 11.8 Å². The van der Waals surface area contributed by atoms with E-state index in [2.05, 4.69) is 10.3 Å². The summed E-state index contributed by atoms with van der Waals surface area (Å²) < 4.78 is 0. The standard InChI is InChI=1S/C11H11N3O2/c12-6-8-2-1-3-9(13-8)14-10(11(15)16)7-4-5-7/h1-3,7,10H,4-5H2,(H,13,14)(H,15,16). The van der Waals surface area contributed by atoms with Gasteiger partial charge >= 0.3 is 5.97 Å². The summed E-state index contributed by atoms with van der Waals surface area (Å²) in [7, 11) is 0. The highest BCUT2D eigenvalue weighted by Crippen LogP contribution is 2.34. The third-order valence-electron chi connectivity index (χ3n) is 2.53. The fourth-order valence-electron chi connectivity index (χ4n) is 1.55. The summed E-state index contributed by atoms with van der Waals surface area (Å²) in [5.74, 6) is -0.241. The second-order valence-electron chi connectivity index (χ2n) is 3.82. The average molecular weight is 217 g/mol. The highest BCUT2D eigenvalue weighted by atomic mass is 16.4. The second kappa shape index (κ2) is 4.19. The molecule has 0 aromatic carbocycles. The van der Waals surface area contributed by atoms with E-state index in [1.807, 2.05) is 6.07 Å². The molecule has 1 atom stereocenters. The molecule has 0 bridgehead atoms. The van der Waals surface area contributed by atoms with Crippen LogP contribution in [0.4, 0.5) is 5.82 Å². The second-order valence-corrected chi connectivity index (χ2v) is 3.82. The first-order chi connectivity index (χ1) is 7.70. The number of pyridine rings is 1. The molecular weight excluding hydrogens is 206 g/mol. The van der Waals surface area contributed by atoms with Gasteiger partial charge in [-0.25, -0.2) is 9.78 Å². The summed E-state index contributed by atoms with van der Waals surface area (Å²) in [6.07, 6.45) is 1.86. The molecule has 1 aliphatic rings. The van der Waals surface area contributed by atoms with Gasteiger partial charge in [-0.2, -0.15) is 5.26 Å². The van der Waals surface area contributed by atoms with Crippen molar-refractivity contribution in [1.29, 1.82) is 5.26 Å². The number of rotatable bonds is 4. The lowest BCUT2D eigenvalue weighted by Gasteiger charge is -2.13. The molecule has 0 amide bonds. The van der Waals surface area contributed by atoms with Gasteiger partial charge in [-0.15, -0.1) is 0 Å². The largest absolute Gasteiger partial charge is 0.480 e. The third-order valence-corrected chi connectivity index (χ3v) is 2.53. The highest BCUT2D eigenvalue weighted by Gasteiger charge is 2.36. The maximum atomic E-state index is 11.0. The number of hydrogen-bond donors (Lipinski definition) is 2. The molecule has 2 rings (SSSR count). The fourth-order valence-corrected chi connectivity index (χ4v) is 1.55. The van der Waals surface area contributed by atoms with E-state index in [1.54, 1.807) is 18.2 Å². The topological polar surface area (TPSA) is 86.0 Å². The average Bonchev–Trinajstić information content (AvgIpc) is 3.10. The molecule has 1 heterocycles. The molecule has 1 saturated carbocycles. The molecular formula is C11H11N3O2. The van der Waals surface area contributed by atoms with Crippen LogP contribution in [0, 0.1) is 17.2 Å². The van der Waals surface area contributed by atoms with Crippen LogP contribution < -0.4 is 5.32 Å². The summed E-state index contributed by atoms with van der Waals surface area (Å²) in [6, 6.07) is 6.25. The van der Waals surface area contributed by atoms with Gasteiger partial charge in [0.1, 0.15) is 23.6 Å². The Balaban J connectivity index is 2.12. The van der Waals surface area contributed by atoms with Gasteiger partial charge in [0, 0.05) is 0 Å². The summed E-state index contributed by atoms with van der Waals surface area (Å²) in [4.78, 5) is 15.0. The Labute approximate surface area is 92.7 Å². The van der Waals surface area contributed by atoms with E-state index in [-0.39, 0.29) is 11.6 Å². The van der Waals surface area contributed by atoms with Gasteiger partial charge in [0.25, 0.3) is 0 Å². The number of carboxylic acid groups (broad SMARTS) is 1. The minimum atomic E-state index is -0.869. The van der Waals surface area contributed by atoms with E-state index in [1.165, 1.54) is 0 Å². The molecule has 5 nitrogen and oxygen atoms in total. The maximum Gasteiger partial charge on any atom is 0.326 e. The summed E-state index contributed by atoms with van der Waals surface area (Å²) in [5, 5.41) is 20.5. The number of nitrogens with one attached hydrogen (secondary N) is 1. The number of nitriles is 1. The molecule has 1 aliphatic carbocycles.